The fourth-order valence-corrected chi connectivity index (χ4v) is 9.04. The minimum atomic E-state index is -0.816. The van der Waals surface area contributed by atoms with E-state index >= 15 is 0 Å². The second-order valence-corrected chi connectivity index (χ2v) is 18.9. The minimum Gasteiger partial charge on any atom is -0.492 e. The summed E-state index contributed by atoms with van der Waals surface area (Å²) in [6.07, 6.45) is 0. The number of carbonyl (C=O) groups is 3. The van der Waals surface area contributed by atoms with Gasteiger partial charge in [0, 0.05) is 0 Å². The molecule has 0 atom stereocenters. The molecule has 432 valence electrons. The smallest absolute Gasteiger partial charge is 0.359 e. The van der Waals surface area contributed by atoms with Gasteiger partial charge in [-0.3, -0.25) is 0 Å². The van der Waals surface area contributed by atoms with E-state index in [-0.39, 0.29) is 106 Å². The first-order valence-corrected chi connectivity index (χ1v) is 26.0. The van der Waals surface area contributed by atoms with Crippen LogP contribution in [0.25, 0.3) is 56.4 Å². The molecule has 1 aliphatic rings. The van der Waals surface area contributed by atoms with E-state index in [1.807, 2.05) is 24.3 Å². The van der Waals surface area contributed by atoms with Crippen LogP contribution in [0.2, 0.25) is 20.1 Å². The number of nitrogens with two attached hydrogens (primary N) is 1. The van der Waals surface area contributed by atoms with Crippen LogP contribution < -0.4 is 35.9 Å². The van der Waals surface area contributed by atoms with Gasteiger partial charge in [-0.15, -0.1) is 0 Å². The van der Waals surface area contributed by atoms with Crippen molar-refractivity contribution in [1.29, 1.82) is 0 Å². The quantitative estimate of drug-likeness (QED) is 0.0405. The molecule has 85 heavy (non-hydrogen) atoms. The maximum Gasteiger partial charge on any atom is 0.359 e. The highest BCUT2D eigenvalue weighted by molar-refractivity contribution is 6.36. The second kappa shape index (κ2) is 25.7. The molecule has 28 heteroatoms. The lowest BCUT2D eigenvalue weighted by Gasteiger charge is -2.23. The lowest BCUT2D eigenvalue weighted by Crippen LogP contribution is -2.16. The molecule has 0 aliphatic carbocycles. The van der Waals surface area contributed by atoms with Crippen LogP contribution in [0.5, 0.6) is 17.2 Å². The third-order valence-corrected chi connectivity index (χ3v) is 13.5. The summed E-state index contributed by atoms with van der Waals surface area (Å²) >= 11 is 24.2. The summed E-state index contributed by atoms with van der Waals surface area (Å²) in [6.45, 7) is 0. The fraction of sp³-hybridized carbons (Fsp3) is 0.105. The molecular formula is C57H41Cl4F3N12O9. The molecule has 5 heterocycles. The molecule has 6 aromatic carbocycles. The van der Waals surface area contributed by atoms with Crippen molar-refractivity contribution in [3.05, 3.63) is 164 Å². The van der Waals surface area contributed by atoms with Crippen molar-refractivity contribution in [2.24, 2.45) is 0 Å². The SMILES string of the molecule is COC(=O)c1nc(-c2ccc(Cl)c(OC)c2F)nc(Nc2ccccc2N)c1Cl.COC(=O)c1nc(-c2ccc(Cl)c(OC)c2F)nc2c1Nc1ccccc1N2.COC(=O)c1nc(-c2ccc(Cl)c(OC)c2F)nc2nc3ccccc3nc12. The highest BCUT2D eigenvalue weighted by atomic mass is 35.5. The van der Waals surface area contributed by atoms with Gasteiger partial charge in [-0.25, -0.2) is 67.4 Å². The summed E-state index contributed by atoms with van der Waals surface area (Å²) < 4.78 is 74.0. The number of benzene rings is 6. The van der Waals surface area contributed by atoms with Crippen LogP contribution in [-0.4, -0.2) is 100 Å². The summed E-state index contributed by atoms with van der Waals surface area (Å²) in [4.78, 5) is 71.1. The van der Waals surface area contributed by atoms with E-state index < -0.39 is 35.4 Å². The fourth-order valence-electron chi connectivity index (χ4n) is 8.17. The van der Waals surface area contributed by atoms with Crippen LogP contribution in [0, 0.1) is 17.5 Å². The molecule has 11 rings (SSSR count). The molecule has 1 aliphatic heterocycles. The van der Waals surface area contributed by atoms with Crippen molar-refractivity contribution in [3.63, 3.8) is 0 Å². The predicted molar refractivity (Wildman–Crippen MR) is 314 cm³/mol. The Bertz CT molecular complexity index is 4310. The Morgan fingerprint density at radius 1 is 0.482 bits per heavy atom. The number of esters is 3. The number of para-hydroxylation sites is 6. The number of aromatic nitrogens is 8. The molecule has 21 nitrogen and oxygen atoms in total. The van der Waals surface area contributed by atoms with Crippen molar-refractivity contribution in [2.75, 3.05) is 64.3 Å². The van der Waals surface area contributed by atoms with Gasteiger partial charge in [0.05, 0.1) is 108 Å². The van der Waals surface area contributed by atoms with E-state index in [1.165, 1.54) is 79.1 Å². The summed E-state index contributed by atoms with van der Waals surface area (Å²) in [5, 5.41) is 9.37. The first-order chi connectivity index (χ1) is 40.9. The summed E-state index contributed by atoms with van der Waals surface area (Å²) in [5.74, 6) is -4.80. The Hall–Kier alpha value is -9.88. The van der Waals surface area contributed by atoms with Gasteiger partial charge in [0.1, 0.15) is 16.2 Å². The zero-order chi connectivity index (χ0) is 60.8. The van der Waals surface area contributed by atoms with Crippen LogP contribution in [0.15, 0.2) is 109 Å². The number of fused-ring (bicyclic) bond motifs is 4. The Morgan fingerprint density at radius 2 is 0.918 bits per heavy atom. The number of rotatable bonds is 11. The zero-order valence-electron chi connectivity index (χ0n) is 44.9. The summed E-state index contributed by atoms with van der Waals surface area (Å²) in [7, 11) is 7.52. The topological polar surface area (TPSA) is 272 Å². The average Bonchev–Trinajstić information content (AvgIpc) is 1.65. The Labute approximate surface area is 499 Å². The number of nitrogens with zero attached hydrogens (tertiary/aromatic N) is 8. The molecule has 4 aromatic heterocycles. The highest BCUT2D eigenvalue weighted by Gasteiger charge is 2.29. The Balaban J connectivity index is 0.000000153. The standard InChI is InChI=1S/C19H15Cl2FN4O3.C19H14ClFN4O3.C19H12ClFN4O3/c1-28-16-10(20)8-7-9(14(16)22)17-25-15(19(27)29-2)13(21)18(26-17)24-12-6-4-3-5-11(12)23;2*1-27-16-10(20)8-7-9(13(16)21)17-24-15(19(26)28-2)14-18(25-17)23-12-6-4-3-5-11(12)22-14/h3-8H,23H2,1-2H3,(H,24,25,26);3-8,22H,1-2H3,(H,23,24,25);3-8H,1-2H3. The van der Waals surface area contributed by atoms with E-state index in [1.54, 1.807) is 48.5 Å². The van der Waals surface area contributed by atoms with Gasteiger partial charge in [-0.05, 0) is 72.8 Å². The molecule has 0 fully saturated rings. The Kier molecular flexibility index (Phi) is 18.1. The highest BCUT2D eigenvalue weighted by Crippen LogP contribution is 2.42. The number of anilines is 7. The van der Waals surface area contributed by atoms with Gasteiger partial charge >= 0.3 is 17.9 Å². The number of nitrogen functional groups attached to an aromatic ring is 1. The minimum absolute atomic E-state index is 0.00302. The Morgan fingerprint density at radius 3 is 1.45 bits per heavy atom. The number of methoxy groups -OCH3 is 6. The number of ether oxygens (including phenoxy) is 6. The number of carbonyl (C=O) groups excluding carboxylic acids is 3. The first-order valence-electron chi connectivity index (χ1n) is 24.4. The molecule has 0 spiro atoms. The van der Waals surface area contributed by atoms with Gasteiger partial charge in [-0.1, -0.05) is 82.8 Å². The number of nitrogens with one attached hydrogen (secondary N) is 3. The van der Waals surface area contributed by atoms with E-state index in [9.17, 15) is 27.6 Å². The summed E-state index contributed by atoms with van der Waals surface area (Å²) in [6, 6.07) is 29.9. The van der Waals surface area contributed by atoms with Crippen molar-refractivity contribution in [2.45, 2.75) is 0 Å². The van der Waals surface area contributed by atoms with Gasteiger partial charge < -0.3 is 50.1 Å². The molecule has 0 unspecified atom stereocenters. The normalized spacial score (nSPS) is 11.0. The van der Waals surface area contributed by atoms with Gasteiger partial charge in [-0.2, -0.15) is 0 Å². The molecule has 5 N–H and O–H groups in total. The first kappa shape index (κ1) is 59.7. The average molecular weight is 1240 g/mol. The zero-order valence-corrected chi connectivity index (χ0v) is 47.9. The van der Waals surface area contributed by atoms with Crippen LogP contribution in [0.3, 0.4) is 0 Å². The van der Waals surface area contributed by atoms with Gasteiger partial charge in [0.2, 0.25) is 0 Å². The van der Waals surface area contributed by atoms with Gasteiger partial charge in [0.25, 0.3) is 0 Å². The molecule has 0 bridgehead atoms. The molecule has 0 amide bonds. The third-order valence-electron chi connectivity index (χ3n) is 12.2. The van der Waals surface area contributed by atoms with Crippen LogP contribution >= 0.6 is 46.4 Å². The molecule has 10 aromatic rings. The van der Waals surface area contributed by atoms with Crippen LogP contribution in [0.4, 0.5) is 53.2 Å². The van der Waals surface area contributed by atoms with Gasteiger partial charge in [0.15, 0.2) is 86.5 Å². The second-order valence-electron chi connectivity index (χ2n) is 17.3. The molecular weight excluding hydrogens is 1200 g/mol. The summed E-state index contributed by atoms with van der Waals surface area (Å²) in [5.41, 5.74) is 9.73. The van der Waals surface area contributed by atoms with Crippen molar-refractivity contribution < 1.29 is 56.0 Å². The largest absolute Gasteiger partial charge is 0.492 e. The van der Waals surface area contributed by atoms with Crippen molar-refractivity contribution in [3.8, 4) is 51.4 Å². The number of hydrogen-bond acceptors (Lipinski definition) is 21. The van der Waals surface area contributed by atoms with Crippen LogP contribution in [-0.2, 0) is 14.2 Å². The monoisotopic (exact) mass is 1230 g/mol. The van der Waals surface area contributed by atoms with Crippen molar-refractivity contribution >= 4 is 127 Å². The van der Waals surface area contributed by atoms with E-state index in [2.05, 4.69) is 55.8 Å². The third kappa shape index (κ3) is 12.2. The molecule has 0 radical (unpaired) electrons. The lowest BCUT2D eigenvalue weighted by molar-refractivity contribution is 0.0586. The lowest BCUT2D eigenvalue weighted by atomic mass is 10.1. The molecule has 0 saturated heterocycles. The van der Waals surface area contributed by atoms with E-state index in [0.29, 0.717) is 33.9 Å². The van der Waals surface area contributed by atoms with E-state index in [0.717, 1.165) is 11.4 Å². The predicted octanol–water partition coefficient (Wildman–Crippen LogP) is 13.1. The van der Waals surface area contributed by atoms with Crippen molar-refractivity contribution in [1.82, 2.24) is 39.9 Å². The maximum atomic E-state index is 14.9. The van der Waals surface area contributed by atoms with E-state index in [4.69, 9.17) is 80.6 Å². The number of halogens is 7. The van der Waals surface area contributed by atoms with Crippen LogP contribution in [0.1, 0.15) is 31.5 Å². The number of hydrogen-bond donors (Lipinski definition) is 4. The maximum absolute atomic E-state index is 14.9. The molecule has 0 saturated carbocycles.